The predicted molar refractivity (Wildman–Crippen MR) is 83.6 cm³/mol. The monoisotopic (exact) mass is 333 g/mol. The van der Waals surface area contributed by atoms with Crippen LogP contribution in [0.4, 0.5) is 0 Å². The van der Waals surface area contributed by atoms with E-state index in [1.165, 1.54) is 0 Å². The standard InChI is InChI=1S/C14H11Cl4N/c15-9-3-1-4-10(16)8(9)7-13(19)14-11(17)5-2-6-12(14)18/h1-6,13H,7,19H2. The summed E-state index contributed by atoms with van der Waals surface area (Å²) < 4.78 is 0. The summed E-state index contributed by atoms with van der Waals surface area (Å²) >= 11 is 24.5. The molecule has 0 bridgehead atoms. The SMILES string of the molecule is NC(Cc1c(Cl)cccc1Cl)c1c(Cl)cccc1Cl. The van der Waals surface area contributed by atoms with Gasteiger partial charge in [-0.05, 0) is 36.2 Å². The maximum Gasteiger partial charge on any atom is 0.0468 e. The van der Waals surface area contributed by atoms with Gasteiger partial charge in [-0.15, -0.1) is 0 Å². The third-order valence-corrected chi connectivity index (χ3v) is 4.22. The predicted octanol–water partition coefficient (Wildman–Crippen LogP) is 5.54. The molecule has 0 aromatic heterocycles. The van der Waals surface area contributed by atoms with Gasteiger partial charge in [-0.3, -0.25) is 0 Å². The molecule has 2 aromatic rings. The zero-order valence-electron chi connectivity index (χ0n) is 9.84. The van der Waals surface area contributed by atoms with Crippen molar-refractivity contribution < 1.29 is 0 Å². The quantitative estimate of drug-likeness (QED) is 0.783. The summed E-state index contributed by atoms with van der Waals surface area (Å²) in [5, 5.41) is 2.27. The van der Waals surface area contributed by atoms with Gasteiger partial charge < -0.3 is 5.73 Å². The Balaban J connectivity index is 2.34. The van der Waals surface area contributed by atoms with Gasteiger partial charge in [0.15, 0.2) is 0 Å². The van der Waals surface area contributed by atoms with Crippen LogP contribution in [0.1, 0.15) is 17.2 Å². The second kappa shape index (κ2) is 6.34. The lowest BCUT2D eigenvalue weighted by Crippen LogP contribution is -2.15. The van der Waals surface area contributed by atoms with E-state index in [0.29, 0.717) is 32.1 Å². The Kier molecular flexibility index (Phi) is 4.99. The lowest BCUT2D eigenvalue weighted by molar-refractivity contribution is 0.722. The average Bonchev–Trinajstić information content (AvgIpc) is 2.34. The number of benzene rings is 2. The van der Waals surface area contributed by atoms with Gasteiger partial charge in [-0.25, -0.2) is 0 Å². The summed E-state index contributed by atoms with van der Waals surface area (Å²) in [7, 11) is 0. The first-order valence-electron chi connectivity index (χ1n) is 5.63. The highest BCUT2D eigenvalue weighted by molar-refractivity contribution is 6.36. The van der Waals surface area contributed by atoms with Gasteiger partial charge in [0.2, 0.25) is 0 Å². The molecule has 100 valence electrons. The molecule has 0 fully saturated rings. The minimum Gasteiger partial charge on any atom is -0.324 e. The van der Waals surface area contributed by atoms with Gasteiger partial charge in [0.25, 0.3) is 0 Å². The zero-order chi connectivity index (χ0) is 14.0. The number of rotatable bonds is 3. The summed E-state index contributed by atoms with van der Waals surface area (Å²) in [6, 6.07) is 10.3. The van der Waals surface area contributed by atoms with Crippen molar-refractivity contribution in [2.24, 2.45) is 5.73 Å². The number of hydrogen-bond acceptors (Lipinski definition) is 1. The maximum absolute atomic E-state index is 6.18. The van der Waals surface area contributed by atoms with Crippen molar-refractivity contribution >= 4 is 46.4 Å². The van der Waals surface area contributed by atoms with Crippen molar-refractivity contribution in [2.45, 2.75) is 12.5 Å². The van der Waals surface area contributed by atoms with Crippen LogP contribution in [0.5, 0.6) is 0 Å². The number of halogens is 4. The summed E-state index contributed by atoms with van der Waals surface area (Å²) in [6.45, 7) is 0. The lowest BCUT2D eigenvalue weighted by Gasteiger charge is -2.17. The van der Waals surface area contributed by atoms with E-state index in [0.717, 1.165) is 5.56 Å². The van der Waals surface area contributed by atoms with Gasteiger partial charge >= 0.3 is 0 Å². The minimum absolute atomic E-state index is 0.362. The largest absolute Gasteiger partial charge is 0.324 e. The fourth-order valence-corrected chi connectivity index (χ4v) is 3.14. The van der Waals surface area contributed by atoms with Crippen LogP contribution in [0.25, 0.3) is 0 Å². The highest BCUT2D eigenvalue weighted by atomic mass is 35.5. The third kappa shape index (κ3) is 3.36. The van der Waals surface area contributed by atoms with Crippen molar-refractivity contribution in [1.82, 2.24) is 0 Å². The summed E-state index contributed by atoms with van der Waals surface area (Å²) in [5.74, 6) is 0. The van der Waals surface area contributed by atoms with Gasteiger partial charge in [0.1, 0.15) is 0 Å². The van der Waals surface area contributed by atoms with Gasteiger partial charge in [0, 0.05) is 31.7 Å². The molecule has 1 atom stereocenters. The van der Waals surface area contributed by atoms with Crippen LogP contribution in [0.3, 0.4) is 0 Å². The molecule has 0 saturated heterocycles. The smallest absolute Gasteiger partial charge is 0.0468 e. The first-order valence-corrected chi connectivity index (χ1v) is 7.14. The topological polar surface area (TPSA) is 26.0 Å². The Morgan fingerprint density at radius 3 is 1.68 bits per heavy atom. The molecular weight excluding hydrogens is 324 g/mol. The Bertz CT molecular complexity index is 557. The van der Waals surface area contributed by atoms with E-state index < -0.39 is 0 Å². The van der Waals surface area contributed by atoms with E-state index in [2.05, 4.69) is 0 Å². The van der Waals surface area contributed by atoms with E-state index in [9.17, 15) is 0 Å². The molecule has 5 heteroatoms. The molecule has 2 N–H and O–H groups in total. The van der Waals surface area contributed by atoms with Gasteiger partial charge in [-0.2, -0.15) is 0 Å². The second-order valence-corrected chi connectivity index (χ2v) is 5.77. The molecule has 0 aliphatic heterocycles. The molecular formula is C14H11Cl4N. The average molecular weight is 335 g/mol. The molecule has 0 aliphatic rings. The molecule has 0 radical (unpaired) electrons. The van der Waals surface area contributed by atoms with Crippen LogP contribution in [0.2, 0.25) is 20.1 Å². The summed E-state index contributed by atoms with van der Waals surface area (Å²) in [6.07, 6.45) is 0.474. The van der Waals surface area contributed by atoms with Crippen LogP contribution >= 0.6 is 46.4 Å². The highest BCUT2D eigenvalue weighted by Crippen LogP contribution is 2.34. The molecule has 2 aromatic carbocycles. The van der Waals surface area contributed by atoms with E-state index >= 15 is 0 Å². The fourth-order valence-electron chi connectivity index (χ4n) is 1.91. The van der Waals surface area contributed by atoms with Crippen molar-refractivity contribution in [2.75, 3.05) is 0 Å². The van der Waals surface area contributed by atoms with Crippen molar-refractivity contribution in [1.29, 1.82) is 0 Å². The number of nitrogens with two attached hydrogens (primary N) is 1. The molecule has 0 saturated carbocycles. The third-order valence-electron chi connectivity index (χ3n) is 2.86. The number of hydrogen-bond donors (Lipinski definition) is 1. The Hall–Kier alpha value is -0.440. The molecule has 19 heavy (non-hydrogen) atoms. The molecule has 2 rings (SSSR count). The first kappa shape index (κ1) is 15.0. The van der Waals surface area contributed by atoms with Crippen LogP contribution in [0, 0.1) is 0 Å². The molecule has 0 amide bonds. The normalized spacial score (nSPS) is 12.5. The summed E-state index contributed by atoms with van der Waals surface area (Å²) in [4.78, 5) is 0. The van der Waals surface area contributed by atoms with Crippen LogP contribution in [-0.4, -0.2) is 0 Å². The molecule has 0 heterocycles. The van der Waals surface area contributed by atoms with Gasteiger partial charge in [-0.1, -0.05) is 58.5 Å². The highest BCUT2D eigenvalue weighted by Gasteiger charge is 2.17. The fraction of sp³-hybridized carbons (Fsp3) is 0.143. The van der Waals surface area contributed by atoms with Crippen molar-refractivity contribution in [3.8, 4) is 0 Å². The maximum atomic E-state index is 6.18. The van der Waals surface area contributed by atoms with Crippen LogP contribution in [-0.2, 0) is 6.42 Å². The van der Waals surface area contributed by atoms with Crippen LogP contribution in [0.15, 0.2) is 36.4 Å². The van der Waals surface area contributed by atoms with E-state index in [1.54, 1.807) is 36.4 Å². The first-order chi connectivity index (χ1) is 9.00. The van der Waals surface area contributed by atoms with Crippen molar-refractivity contribution in [3.05, 3.63) is 67.6 Å². The van der Waals surface area contributed by atoms with E-state index in [4.69, 9.17) is 52.1 Å². The zero-order valence-corrected chi connectivity index (χ0v) is 12.9. The van der Waals surface area contributed by atoms with E-state index in [1.807, 2.05) is 0 Å². The van der Waals surface area contributed by atoms with Crippen LogP contribution < -0.4 is 5.73 Å². The lowest BCUT2D eigenvalue weighted by atomic mass is 9.99. The van der Waals surface area contributed by atoms with Crippen molar-refractivity contribution in [3.63, 3.8) is 0 Å². The molecule has 1 nitrogen and oxygen atoms in total. The Morgan fingerprint density at radius 2 is 1.21 bits per heavy atom. The van der Waals surface area contributed by atoms with Gasteiger partial charge in [0.05, 0.1) is 0 Å². The Labute approximate surface area is 132 Å². The molecule has 1 unspecified atom stereocenters. The summed E-state index contributed by atoms with van der Waals surface area (Å²) in [5.41, 5.74) is 7.69. The molecule has 0 spiro atoms. The van der Waals surface area contributed by atoms with E-state index in [-0.39, 0.29) is 6.04 Å². The molecule has 0 aliphatic carbocycles. The minimum atomic E-state index is -0.362. The Morgan fingerprint density at radius 1 is 0.789 bits per heavy atom. The second-order valence-electron chi connectivity index (χ2n) is 4.15.